The number of urea groups is 1. The maximum absolute atomic E-state index is 11.0. The van der Waals surface area contributed by atoms with E-state index in [4.69, 9.17) is 0 Å². The Hall–Kier alpha value is -0.580. The van der Waals surface area contributed by atoms with E-state index in [0.717, 1.165) is 13.1 Å². The minimum Gasteiger partial charge on any atom is -0.336 e. The molecular formula is C7H14N2O2S. The Morgan fingerprint density at radius 1 is 1.67 bits per heavy atom. The molecule has 4 nitrogen and oxygen atoms in total. The van der Waals surface area contributed by atoms with Crippen molar-refractivity contribution in [2.75, 3.05) is 31.1 Å². The van der Waals surface area contributed by atoms with Crippen LogP contribution in [-0.4, -0.2) is 46.3 Å². The Morgan fingerprint density at radius 3 is 2.92 bits per heavy atom. The van der Waals surface area contributed by atoms with Crippen molar-refractivity contribution in [3.05, 3.63) is 0 Å². The van der Waals surface area contributed by atoms with Gasteiger partial charge in [-0.2, -0.15) is 0 Å². The molecule has 0 aromatic carbocycles. The number of hydrogen-bond donors (Lipinski definition) is 1. The second-order valence-corrected chi connectivity index (χ2v) is 4.52. The first-order valence-corrected chi connectivity index (χ1v) is 5.60. The predicted octanol–water partition coefficient (Wildman–Crippen LogP) is -0.220. The van der Waals surface area contributed by atoms with Gasteiger partial charge in [-0.05, 0) is 0 Å². The quantitative estimate of drug-likeness (QED) is 0.666. The Bertz CT molecular complexity index is 196. The zero-order valence-electron chi connectivity index (χ0n) is 7.21. The molecule has 1 fully saturated rings. The lowest BCUT2D eigenvalue weighted by molar-refractivity contribution is 0.220. The summed E-state index contributed by atoms with van der Waals surface area (Å²) in [6.45, 7) is 3.98. The van der Waals surface area contributed by atoms with Crippen LogP contribution in [-0.2, 0) is 10.8 Å². The van der Waals surface area contributed by atoms with Gasteiger partial charge < -0.3 is 10.2 Å². The minimum atomic E-state index is -0.760. The molecular weight excluding hydrogens is 176 g/mol. The molecule has 0 bridgehead atoms. The molecule has 1 heterocycles. The largest absolute Gasteiger partial charge is 0.336 e. The van der Waals surface area contributed by atoms with Crippen LogP contribution in [0.1, 0.15) is 6.92 Å². The van der Waals surface area contributed by atoms with E-state index < -0.39 is 10.8 Å². The zero-order chi connectivity index (χ0) is 8.97. The van der Waals surface area contributed by atoms with Crippen molar-refractivity contribution >= 4 is 16.8 Å². The van der Waals surface area contributed by atoms with Crippen LogP contribution < -0.4 is 5.32 Å². The Kier molecular flexibility index (Phi) is 3.52. The number of hydrogen-bond acceptors (Lipinski definition) is 2. The molecule has 12 heavy (non-hydrogen) atoms. The van der Waals surface area contributed by atoms with E-state index in [1.165, 1.54) is 0 Å². The smallest absolute Gasteiger partial charge is 0.317 e. The summed E-state index contributed by atoms with van der Waals surface area (Å²) in [6.07, 6.45) is 0. The highest BCUT2D eigenvalue weighted by molar-refractivity contribution is 7.84. The maximum atomic E-state index is 11.0. The first kappa shape index (κ1) is 9.51. The van der Waals surface area contributed by atoms with Gasteiger partial charge >= 0.3 is 6.03 Å². The molecule has 1 aliphatic rings. The van der Waals surface area contributed by atoms with Gasteiger partial charge in [0, 0.05) is 41.9 Å². The van der Waals surface area contributed by atoms with Crippen LogP contribution in [0.4, 0.5) is 4.79 Å². The van der Waals surface area contributed by atoms with Gasteiger partial charge in [0.1, 0.15) is 0 Å². The van der Waals surface area contributed by atoms with Crippen LogP contribution in [0.25, 0.3) is 0 Å². The number of nitrogens with zero attached hydrogens (tertiary/aromatic N) is 1. The van der Waals surface area contributed by atoms with E-state index in [1.807, 2.05) is 6.92 Å². The van der Waals surface area contributed by atoms with Gasteiger partial charge in [0.05, 0.1) is 0 Å². The molecule has 0 spiro atoms. The average Bonchev–Trinajstić information content (AvgIpc) is 2.47. The highest BCUT2D eigenvalue weighted by Gasteiger charge is 2.18. The molecule has 1 aliphatic heterocycles. The topological polar surface area (TPSA) is 49.4 Å². The van der Waals surface area contributed by atoms with E-state index in [-0.39, 0.29) is 6.03 Å². The Labute approximate surface area is 74.8 Å². The molecule has 1 N–H and O–H groups in total. The Balaban J connectivity index is 2.22. The molecule has 0 aliphatic carbocycles. The third-order valence-corrected chi connectivity index (χ3v) is 3.14. The van der Waals surface area contributed by atoms with Crippen LogP contribution in [0.5, 0.6) is 0 Å². The second kappa shape index (κ2) is 4.45. The lowest BCUT2D eigenvalue weighted by atomic mass is 10.6. The van der Waals surface area contributed by atoms with E-state index in [9.17, 15) is 9.00 Å². The number of rotatable bonds is 4. The summed E-state index contributed by atoms with van der Waals surface area (Å²) in [5.41, 5.74) is 0. The normalized spacial score (nSPS) is 19.4. The van der Waals surface area contributed by atoms with Crippen molar-refractivity contribution in [3.8, 4) is 0 Å². The van der Waals surface area contributed by atoms with Gasteiger partial charge in [0.15, 0.2) is 0 Å². The van der Waals surface area contributed by atoms with Gasteiger partial charge in [0.2, 0.25) is 0 Å². The van der Waals surface area contributed by atoms with Crippen molar-refractivity contribution in [3.63, 3.8) is 0 Å². The van der Waals surface area contributed by atoms with Gasteiger partial charge in [0.25, 0.3) is 0 Å². The number of amides is 2. The lowest BCUT2D eigenvalue weighted by Gasteiger charge is -2.12. The SMILES string of the molecule is CCS(=O)CCN1CCNC1=O. The molecule has 1 saturated heterocycles. The van der Waals surface area contributed by atoms with Crippen LogP contribution in [0, 0.1) is 0 Å². The summed E-state index contributed by atoms with van der Waals surface area (Å²) in [5.74, 6) is 1.28. The molecule has 1 unspecified atom stereocenters. The molecule has 2 amide bonds. The van der Waals surface area contributed by atoms with Crippen LogP contribution >= 0.6 is 0 Å². The lowest BCUT2D eigenvalue weighted by Crippen LogP contribution is -2.31. The van der Waals surface area contributed by atoms with E-state index >= 15 is 0 Å². The third kappa shape index (κ3) is 2.48. The molecule has 70 valence electrons. The van der Waals surface area contributed by atoms with Crippen LogP contribution in [0.2, 0.25) is 0 Å². The van der Waals surface area contributed by atoms with Crippen molar-refractivity contribution in [2.24, 2.45) is 0 Å². The number of nitrogens with one attached hydrogen (secondary N) is 1. The molecule has 0 radical (unpaired) electrons. The molecule has 0 aromatic heterocycles. The summed E-state index contributed by atoms with van der Waals surface area (Å²) in [6, 6.07) is -0.0249. The summed E-state index contributed by atoms with van der Waals surface area (Å²) in [5, 5.41) is 2.70. The molecule has 5 heteroatoms. The third-order valence-electron chi connectivity index (χ3n) is 1.86. The molecule has 1 atom stereocenters. The zero-order valence-corrected chi connectivity index (χ0v) is 8.02. The van der Waals surface area contributed by atoms with E-state index in [0.29, 0.717) is 18.1 Å². The van der Waals surface area contributed by atoms with E-state index in [1.54, 1.807) is 4.90 Å². The van der Waals surface area contributed by atoms with Crippen LogP contribution in [0.15, 0.2) is 0 Å². The van der Waals surface area contributed by atoms with Crippen LogP contribution in [0.3, 0.4) is 0 Å². The average molecular weight is 190 g/mol. The summed E-state index contributed by atoms with van der Waals surface area (Å²) in [4.78, 5) is 12.7. The highest BCUT2D eigenvalue weighted by atomic mass is 32.2. The number of carbonyl (C=O) groups is 1. The van der Waals surface area contributed by atoms with Crippen molar-refractivity contribution in [1.29, 1.82) is 0 Å². The van der Waals surface area contributed by atoms with Crippen molar-refractivity contribution in [2.45, 2.75) is 6.92 Å². The van der Waals surface area contributed by atoms with Crippen molar-refractivity contribution in [1.82, 2.24) is 10.2 Å². The maximum Gasteiger partial charge on any atom is 0.317 e. The molecule has 0 saturated carbocycles. The standard InChI is InChI=1S/C7H14N2O2S/c1-2-12(11)6-5-9-4-3-8-7(9)10/h2-6H2,1H3,(H,8,10). The monoisotopic (exact) mass is 190 g/mol. The fourth-order valence-electron chi connectivity index (χ4n) is 1.08. The first-order chi connectivity index (χ1) is 5.74. The fourth-order valence-corrected chi connectivity index (χ4v) is 1.79. The minimum absolute atomic E-state index is 0.0249. The van der Waals surface area contributed by atoms with Crippen molar-refractivity contribution < 1.29 is 9.00 Å². The van der Waals surface area contributed by atoms with Gasteiger partial charge in [-0.15, -0.1) is 0 Å². The highest BCUT2D eigenvalue weighted by Crippen LogP contribution is 1.96. The second-order valence-electron chi connectivity index (χ2n) is 2.65. The molecule has 1 rings (SSSR count). The fraction of sp³-hybridized carbons (Fsp3) is 0.857. The van der Waals surface area contributed by atoms with Gasteiger partial charge in [-0.25, -0.2) is 4.79 Å². The van der Waals surface area contributed by atoms with E-state index in [2.05, 4.69) is 5.32 Å². The number of carbonyl (C=O) groups excluding carboxylic acids is 1. The van der Waals surface area contributed by atoms with Gasteiger partial charge in [-0.1, -0.05) is 6.92 Å². The first-order valence-electron chi connectivity index (χ1n) is 4.11. The Morgan fingerprint density at radius 2 is 2.42 bits per heavy atom. The van der Waals surface area contributed by atoms with Gasteiger partial charge in [-0.3, -0.25) is 4.21 Å². The summed E-state index contributed by atoms with van der Waals surface area (Å²) >= 11 is 0. The summed E-state index contributed by atoms with van der Waals surface area (Å²) < 4.78 is 11.0. The predicted molar refractivity (Wildman–Crippen MR) is 48.5 cm³/mol. The molecule has 0 aromatic rings. The summed E-state index contributed by atoms with van der Waals surface area (Å²) in [7, 11) is -0.760.